The van der Waals surface area contributed by atoms with E-state index in [4.69, 9.17) is 11.7 Å². The number of carbonyl (C=O) groups is 1. The number of carboxylic acids is 1. The van der Waals surface area contributed by atoms with Crippen LogP contribution in [0.5, 0.6) is 0 Å². The number of benzene rings is 2. The van der Waals surface area contributed by atoms with Crippen molar-refractivity contribution in [2.45, 2.75) is 6.42 Å². The van der Waals surface area contributed by atoms with Crippen LogP contribution >= 0.6 is 0 Å². The Morgan fingerprint density at radius 1 is 1.04 bits per heavy atom. The molecule has 0 amide bonds. The van der Waals surface area contributed by atoms with Gasteiger partial charge in [-0.2, -0.15) is 10.2 Å². The van der Waals surface area contributed by atoms with Crippen LogP contribution in [0.2, 0.25) is 0 Å². The molecule has 0 spiro atoms. The highest BCUT2D eigenvalue weighted by Crippen LogP contribution is 2.16. The van der Waals surface area contributed by atoms with Crippen LogP contribution in [0.25, 0.3) is 0 Å². The molecule has 0 saturated carbocycles. The molecule has 2 aromatic carbocycles. The van der Waals surface area contributed by atoms with Crippen LogP contribution in [0.15, 0.2) is 58.7 Å². The third kappa shape index (κ3) is 5.65. The normalized spacial score (nSPS) is 11.2. The molecule has 0 aromatic heterocycles. The van der Waals surface area contributed by atoms with E-state index in [1.54, 1.807) is 6.21 Å². The maximum Gasteiger partial charge on any atom is 0.323 e. The van der Waals surface area contributed by atoms with Crippen LogP contribution in [0, 0.1) is 0 Å². The van der Waals surface area contributed by atoms with E-state index in [0.717, 1.165) is 22.4 Å². The fourth-order valence-electron chi connectivity index (χ4n) is 2.47. The summed E-state index contributed by atoms with van der Waals surface area (Å²) in [5.41, 5.74) is 3.65. The van der Waals surface area contributed by atoms with Crippen molar-refractivity contribution in [3.63, 3.8) is 0 Å². The summed E-state index contributed by atoms with van der Waals surface area (Å²) >= 11 is 0. The van der Waals surface area contributed by atoms with E-state index in [0.29, 0.717) is 13.0 Å². The number of nitrogens with two attached hydrogens (primary N) is 2. The molecule has 0 aliphatic rings. The Hall–Kier alpha value is -3.35. The molecule has 5 N–H and O–H groups in total. The molecule has 0 aliphatic heterocycles. The first kappa shape index (κ1) is 18.0. The van der Waals surface area contributed by atoms with Gasteiger partial charge in [-0.25, -0.2) is 0 Å². The summed E-state index contributed by atoms with van der Waals surface area (Å²) in [6.07, 6.45) is 3.81. The molecule has 7 nitrogen and oxygen atoms in total. The summed E-state index contributed by atoms with van der Waals surface area (Å²) in [6.45, 7) is 0.487. The zero-order valence-corrected chi connectivity index (χ0v) is 13.7. The number of hydrogen-bond donors (Lipinski definition) is 3. The minimum Gasteiger partial charge on any atom is -0.480 e. The molecule has 0 saturated heterocycles. The second kappa shape index (κ2) is 9.07. The largest absolute Gasteiger partial charge is 0.480 e. The third-order valence-corrected chi connectivity index (χ3v) is 3.66. The maximum atomic E-state index is 11.2. The van der Waals surface area contributed by atoms with Crippen molar-refractivity contribution in [3.8, 4) is 0 Å². The van der Waals surface area contributed by atoms with Gasteiger partial charge in [0.25, 0.3) is 0 Å². The van der Waals surface area contributed by atoms with Gasteiger partial charge in [0.05, 0.1) is 12.4 Å². The Morgan fingerprint density at radius 2 is 1.72 bits per heavy atom. The molecule has 0 bridgehead atoms. The number of carboxylic acid groups (broad SMARTS) is 1. The SMILES string of the molecule is NN=Cc1ccc(CCN(CC(=O)O)c2cccc(C=NN)c2)cc1. The quantitative estimate of drug-likeness (QED) is 0.382. The Bertz CT molecular complexity index is 756. The number of hydrazone groups is 2. The van der Waals surface area contributed by atoms with E-state index in [-0.39, 0.29) is 6.54 Å². The highest BCUT2D eigenvalue weighted by Gasteiger charge is 2.11. The molecule has 130 valence electrons. The van der Waals surface area contributed by atoms with Crippen molar-refractivity contribution in [2.75, 3.05) is 18.0 Å². The Labute approximate surface area is 146 Å². The minimum atomic E-state index is -0.882. The lowest BCUT2D eigenvalue weighted by Gasteiger charge is -2.23. The second-order valence-electron chi connectivity index (χ2n) is 5.46. The van der Waals surface area contributed by atoms with E-state index in [9.17, 15) is 9.90 Å². The highest BCUT2D eigenvalue weighted by atomic mass is 16.4. The molecule has 0 heterocycles. The number of aliphatic carboxylic acids is 1. The summed E-state index contributed by atoms with van der Waals surface area (Å²) < 4.78 is 0. The summed E-state index contributed by atoms with van der Waals surface area (Å²) in [7, 11) is 0. The van der Waals surface area contributed by atoms with Gasteiger partial charge in [-0.05, 0) is 35.2 Å². The van der Waals surface area contributed by atoms with Crippen LogP contribution in [0.4, 0.5) is 5.69 Å². The molecular formula is C18H21N5O2. The van der Waals surface area contributed by atoms with E-state index in [2.05, 4.69) is 10.2 Å². The van der Waals surface area contributed by atoms with Gasteiger partial charge < -0.3 is 21.7 Å². The van der Waals surface area contributed by atoms with E-state index >= 15 is 0 Å². The maximum absolute atomic E-state index is 11.2. The molecule has 0 radical (unpaired) electrons. The predicted molar refractivity (Wildman–Crippen MR) is 100.0 cm³/mol. The van der Waals surface area contributed by atoms with Gasteiger partial charge in [-0.3, -0.25) is 4.79 Å². The molecule has 0 atom stereocenters. The van der Waals surface area contributed by atoms with E-state index < -0.39 is 5.97 Å². The Kier molecular flexibility index (Phi) is 6.53. The van der Waals surface area contributed by atoms with Crippen molar-refractivity contribution in [1.82, 2.24) is 0 Å². The van der Waals surface area contributed by atoms with Gasteiger partial charge >= 0.3 is 5.97 Å². The first-order valence-corrected chi connectivity index (χ1v) is 7.74. The molecular weight excluding hydrogens is 318 g/mol. The predicted octanol–water partition coefficient (Wildman–Crippen LogP) is 1.41. The van der Waals surface area contributed by atoms with Crippen molar-refractivity contribution >= 4 is 24.1 Å². The number of anilines is 1. The van der Waals surface area contributed by atoms with E-state index in [1.807, 2.05) is 53.4 Å². The lowest BCUT2D eigenvalue weighted by atomic mass is 10.1. The number of rotatable bonds is 8. The van der Waals surface area contributed by atoms with Crippen LogP contribution in [-0.2, 0) is 11.2 Å². The van der Waals surface area contributed by atoms with Gasteiger partial charge in [0.2, 0.25) is 0 Å². The van der Waals surface area contributed by atoms with Crippen molar-refractivity contribution < 1.29 is 9.90 Å². The van der Waals surface area contributed by atoms with Crippen molar-refractivity contribution in [3.05, 3.63) is 65.2 Å². The van der Waals surface area contributed by atoms with Crippen LogP contribution < -0.4 is 16.6 Å². The monoisotopic (exact) mass is 339 g/mol. The average molecular weight is 339 g/mol. The molecule has 7 heteroatoms. The topological polar surface area (TPSA) is 117 Å². The highest BCUT2D eigenvalue weighted by molar-refractivity contribution is 5.82. The minimum absolute atomic E-state index is 0.0822. The van der Waals surface area contributed by atoms with Crippen LogP contribution in [0.3, 0.4) is 0 Å². The van der Waals surface area contributed by atoms with Crippen molar-refractivity contribution in [2.24, 2.45) is 21.9 Å². The van der Waals surface area contributed by atoms with Gasteiger partial charge in [-0.15, -0.1) is 0 Å². The Morgan fingerprint density at radius 3 is 2.36 bits per heavy atom. The number of nitrogens with zero attached hydrogens (tertiary/aromatic N) is 3. The fourth-order valence-corrected chi connectivity index (χ4v) is 2.47. The van der Waals surface area contributed by atoms with Crippen LogP contribution in [-0.4, -0.2) is 36.6 Å². The van der Waals surface area contributed by atoms with Gasteiger partial charge in [0.1, 0.15) is 6.54 Å². The summed E-state index contributed by atoms with van der Waals surface area (Å²) in [5, 5.41) is 16.2. The molecule has 2 aromatic rings. The summed E-state index contributed by atoms with van der Waals surface area (Å²) in [5.74, 6) is 9.43. The average Bonchev–Trinajstić information content (AvgIpc) is 2.60. The zero-order chi connectivity index (χ0) is 18.1. The molecule has 25 heavy (non-hydrogen) atoms. The van der Waals surface area contributed by atoms with Gasteiger partial charge in [0, 0.05) is 12.2 Å². The van der Waals surface area contributed by atoms with Crippen molar-refractivity contribution in [1.29, 1.82) is 0 Å². The van der Waals surface area contributed by atoms with Crippen LogP contribution in [0.1, 0.15) is 16.7 Å². The lowest BCUT2D eigenvalue weighted by molar-refractivity contribution is -0.135. The molecule has 2 rings (SSSR count). The molecule has 0 unspecified atom stereocenters. The summed E-state index contributed by atoms with van der Waals surface area (Å²) in [6, 6.07) is 15.2. The van der Waals surface area contributed by atoms with Gasteiger partial charge in [-0.1, -0.05) is 36.4 Å². The summed E-state index contributed by atoms with van der Waals surface area (Å²) in [4.78, 5) is 13.0. The smallest absolute Gasteiger partial charge is 0.323 e. The zero-order valence-electron chi connectivity index (χ0n) is 13.7. The molecule has 0 aliphatic carbocycles. The van der Waals surface area contributed by atoms with E-state index in [1.165, 1.54) is 6.21 Å². The third-order valence-electron chi connectivity index (χ3n) is 3.66. The van der Waals surface area contributed by atoms with Gasteiger partial charge in [0.15, 0.2) is 0 Å². The standard InChI is InChI=1S/C18H21N5O2/c19-21-11-15-6-4-14(5-7-15)8-9-23(13-18(24)25)17-3-1-2-16(10-17)12-22-20/h1-7,10-12H,8-9,13,19-20H2,(H,24,25). The fraction of sp³-hybridized carbons (Fsp3) is 0.167. The lowest BCUT2D eigenvalue weighted by Crippen LogP contribution is -2.31. The second-order valence-corrected chi connectivity index (χ2v) is 5.46. The first-order chi connectivity index (χ1) is 12.1. The molecule has 0 fully saturated rings. The Balaban J connectivity index is 2.12. The number of hydrogen-bond acceptors (Lipinski definition) is 6. The first-order valence-electron chi connectivity index (χ1n) is 7.74.